The van der Waals surface area contributed by atoms with Gasteiger partial charge < -0.3 is 4.74 Å². The number of halogens is 1. The fraction of sp³-hybridized carbons (Fsp3) is 0.312. The van der Waals surface area contributed by atoms with E-state index in [2.05, 4.69) is 0 Å². The van der Waals surface area contributed by atoms with Crippen LogP contribution in [0, 0.1) is 12.7 Å². The Morgan fingerprint density at radius 1 is 1.25 bits per heavy atom. The molecule has 0 N–H and O–H groups in total. The van der Waals surface area contributed by atoms with Crippen molar-refractivity contribution in [3.8, 4) is 10.4 Å². The van der Waals surface area contributed by atoms with Gasteiger partial charge >= 0.3 is 5.97 Å². The zero-order valence-electron chi connectivity index (χ0n) is 12.0. The van der Waals surface area contributed by atoms with E-state index in [0.717, 1.165) is 10.4 Å². The first-order chi connectivity index (χ1) is 9.29. The highest BCUT2D eigenvalue weighted by Gasteiger charge is 2.22. The molecule has 20 heavy (non-hydrogen) atoms. The summed E-state index contributed by atoms with van der Waals surface area (Å²) in [7, 11) is 0. The van der Waals surface area contributed by atoms with Crippen molar-refractivity contribution >= 4 is 17.3 Å². The second-order valence-corrected chi connectivity index (χ2v) is 6.46. The van der Waals surface area contributed by atoms with E-state index in [1.165, 1.54) is 17.4 Å². The number of hydrogen-bond acceptors (Lipinski definition) is 3. The maximum absolute atomic E-state index is 13.8. The molecular weight excluding hydrogens is 275 g/mol. The van der Waals surface area contributed by atoms with Crippen molar-refractivity contribution in [2.24, 2.45) is 0 Å². The van der Waals surface area contributed by atoms with Gasteiger partial charge in [-0.05, 0) is 39.3 Å². The van der Waals surface area contributed by atoms with Crippen molar-refractivity contribution < 1.29 is 13.9 Å². The van der Waals surface area contributed by atoms with Crippen LogP contribution in [0.25, 0.3) is 10.4 Å². The quantitative estimate of drug-likeness (QED) is 0.742. The number of thiophene rings is 1. The second kappa shape index (κ2) is 5.37. The molecule has 1 aromatic carbocycles. The van der Waals surface area contributed by atoms with Crippen LogP contribution in [0.5, 0.6) is 0 Å². The molecule has 106 valence electrons. The topological polar surface area (TPSA) is 26.3 Å². The Morgan fingerprint density at radius 2 is 1.90 bits per heavy atom. The third-order valence-electron chi connectivity index (χ3n) is 2.78. The standard InChI is InChI=1S/C16H17FO2S/c1-10-12(15(18)19-16(2,3)4)9-20-14(10)11-7-5-6-8-13(11)17/h5-9H,1-4H3. The zero-order chi connectivity index (χ0) is 14.9. The fourth-order valence-corrected chi connectivity index (χ4v) is 2.95. The minimum atomic E-state index is -0.538. The summed E-state index contributed by atoms with van der Waals surface area (Å²) in [5.74, 6) is -0.651. The lowest BCUT2D eigenvalue weighted by molar-refractivity contribution is 0.00694. The summed E-state index contributed by atoms with van der Waals surface area (Å²) >= 11 is 1.36. The van der Waals surface area contributed by atoms with Crippen LogP contribution in [0.4, 0.5) is 4.39 Å². The Labute approximate surface area is 122 Å². The van der Waals surface area contributed by atoms with Gasteiger partial charge in [0.05, 0.1) is 5.56 Å². The van der Waals surface area contributed by atoms with Crippen LogP contribution in [0.3, 0.4) is 0 Å². The van der Waals surface area contributed by atoms with Gasteiger partial charge in [0.15, 0.2) is 0 Å². The smallest absolute Gasteiger partial charge is 0.339 e. The molecule has 0 amide bonds. The van der Waals surface area contributed by atoms with E-state index in [4.69, 9.17) is 4.74 Å². The molecule has 4 heteroatoms. The van der Waals surface area contributed by atoms with Crippen LogP contribution >= 0.6 is 11.3 Å². The largest absolute Gasteiger partial charge is 0.456 e. The molecule has 1 heterocycles. The summed E-state index contributed by atoms with van der Waals surface area (Å²) in [5.41, 5.74) is 1.24. The Balaban J connectivity index is 2.38. The van der Waals surface area contributed by atoms with Gasteiger partial charge in [0.25, 0.3) is 0 Å². The van der Waals surface area contributed by atoms with Crippen LogP contribution in [-0.2, 0) is 4.74 Å². The van der Waals surface area contributed by atoms with Gasteiger partial charge in [-0.3, -0.25) is 0 Å². The molecule has 0 aliphatic rings. The SMILES string of the molecule is Cc1c(C(=O)OC(C)(C)C)csc1-c1ccccc1F. The predicted molar refractivity (Wildman–Crippen MR) is 79.6 cm³/mol. The van der Waals surface area contributed by atoms with E-state index >= 15 is 0 Å². The molecule has 0 aliphatic heterocycles. The average Bonchev–Trinajstić information content (AvgIpc) is 2.69. The lowest BCUT2D eigenvalue weighted by atomic mass is 10.1. The van der Waals surface area contributed by atoms with Crippen LogP contribution in [0.1, 0.15) is 36.7 Å². The van der Waals surface area contributed by atoms with Crippen molar-refractivity contribution in [3.63, 3.8) is 0 Å². The number of rotatable bonds is 2. The van der Waals surface area contributed by atoms with Gasteiger partial charge in [-0.15, -0.1) is 11.3 Å². The number of carbonyl (C=O) groups excluding carboxylic acids is 1. The lowest BCUT2D eigenvalue weighted by Crippen LogP contribution is -2.24. The summed E-state index contributed by atoms with van der Waals surface area (Å²) in [5, 5.41) is 1.73. The summed E-state index contributed by atoms with van der Waals surface area (Å²) < 4.78 is 19.2. The van der Waals surface area contributed by atoms with E-state index in [0.29, 0.717) is 11.1 Å². The van der Waals surface area contributed by atoms with E-state index in [1.807, 2.05) is 27.7 Å². The van der Waals surface area contributed by atoms with E-state index in [1.54, 1.807) is 23.6 Å². The van der Waals surface area contributed by atoms with E-state index in [-0.39, 0.29) is 11.8 Å². The first kappa shape index (κ1) is 14.7. The summed E-state index contributed by atoms with van der Waals surface area (Å²) in [6, 6.07) is 6.57. The van der Waals surface area contributed by atoms with E-state index in [9.17, 15) is 9.18 Å². The Bertz CT molecular complexity index is 638. The zero-order valence-corrected chi connectivity index (χ0v) is 12.8. The molecular formula is C16H17FO2S. The normalized spacial score (nSPS) is 11.4. The minimum absolute atomic E-state index is 0.284. The van der Waals surface area contributed by atoms with Crippen molar-refractivity contribution in [1.82, 2.24) is 0 Å². The Hall–Kier alpha value is -1.68. The van der Waals surface area contributed by atoms with Gasteiger partial charge in [-0.1, -0.05) is 18.2 Å². The van der Waals surface area contributed by atoms with Crippen LogP contribution in [0.15, 0.2) is 29.6 Å². The molecule has 0 radical (unpaired) electrons. The van der Waals surface area contributed by atoms with Crippen molar-refractivity contribution in [2.75, 3.05) is 0 Å². The molecule has 2 rings (SSSR count). The number of ether oxygens (including phenoxy) is 1. The second-order valence-electron chi connectivity index (χ2n) is 5.59. The number of esters is 1. The highest BCUT2D eigenvalue weighted by atomic mass is 32.1. The first-order valence-electron chi connectivity index (χ1n) is 6.36. The lowest BCUT2D eigenvalue weighted by Gasteiger charge is -2.19. The Morgan fingerprint density at radius 3 is 2.50 bits per heavy atom. The molecule has 2 nitrogen and oxygen atoms in total. The van der Waals surface area contributed by atoms with Gasteiger partial charge in [-0.25, -0.2) is 9.18 Å². The molecule has 0 fully saturated rings. The summed E-state index contributed by atoms with van der Waals surface area (Å²) in [6.07, 6.45) is 0. The van der Waals surface area contributed by atoms with Crippen LogP contribution in [-0.4, -0.2) is 11.6 Å². The van der Waals surface area contributed by atoms with Crippen molar-refractivity contribution in [1.29, 1.82) is 0 Å². The third-order valence-corrected chi connectivity index (χ3v) is 3.89. The molecule has 0 unspecified atom stereocenters. The van der Waals surface area contributed by atoms with Gasteiger partial charge in [0.2, 0.25) is 0 Å². The molecule has 0 aliphatic carbocycles. The van der Waals surface area contributed by atoms with Gasteiger partial charge in [0.1, 0.15) is 11.4 Å². The maximum Gasteiger partial charge on any atom is 0.339 e. The number of hydrogen-bond donors (Lipinski definition) is 0. The van der Waals surface area contributed by atoms with Gasteiger partial charge in [0, 0.05) is 15.8 Å². The number of benzene rings is 1. The fourth-order valence-electron chi connectivity index (χ4n) is 1.86. The molecule has 0 spiro atoms. The maximum atomic E-state index is 13.8. The average molecular weight is 292 g/mol. The summed E-state index contributed by atoms with van der Waals surface area (Å²) in [4.78, 5) is 12.9. The molecule has 0 bridgehead atoms. The third kappa shape index (κ3) is 3.07. The highest BCUT2D eigenvalue weighted by molar-refractivity contribution is 7.14. The molecule has 1 aromatic heterocycles. The Kier molecular flexibility index (Phi) is 3.95. The molecule has 2 aromatic rings. The van der Waals surface area contributed by atoms with Crippen LogP contribution < -0.4 is 0 Å². The monoisotopic (exact) mass is 292 g/mol. The highest BCUT2D eigenvalue weighted by Crippen LogP contribution is 2.34. The predicted octanol–water partition coefficient (Wildman–Crippen LogP) is 4.82. The van der Waals surface area contributed by atoms with Crippen molar-refractivity contribution in [3.05, 3.63) is 46.6 Å². The first-order valence-corrected chi connectivity index (χ1v) is 7.24. The van der Waals surface area contributed by atoms with Gasteiger partial charge in [-0.2, -0.15) is 0 Å². The number of carbonyl (C=O) groups is 1. The van der Waals surface area contributed by atoms with E-state index < -0.39 is 5.60 Å². The summed E-state index contributed by atoms with van der Waals surface area (Å²) in [6.45, 7) is 7.29. The van der Waals surface area contributed by atoms with Crippen molar-refractivity contribution in [2.45, 2.75) is 33.3 Å². The minimum Gasteiger partial charge on any atom is -0.456 e. The van der Waals surface area contributed by atoms with Crippen LogP contribution in [0.2, 0.25) is 0 Å². The molecule has 0 atom stereocenters. The molecule has 0 saturated heterocycles. The molecule has 0 saturated carbocycles.